The molecule has 1 aliphatic heterocycles. The summed E-state index contributed by atoms with van der Waals surface area (Å²) < 4.78 is 4.89. The third-order valence-corrected chi connectivity index (χ3v) is 5.47. The molecule has 7 heteroatoms. The van der Waals surface area contributed by atoms with Crippen molar-refractivity contribution >= 4 is 34.3 Å². The molecule has 2 atom stereocenters. The lowest BCUT2D eigenvalue weighted by Gasteiger charge is -2.18. The van der Waals surface area contributed by atoms with Crippen LogP contribution in [0.3, 0.4) is 0 Å². The van der Waals surface area contributed by atoms with E-state index in [-0.39, 0.29) is 43.0 Å². The van der Waals surface area contributed by atoms with Gasteiger partial charge in [-0.3, -0.25) is 14.4 Å². The van der Waals surface area contributed by atoms with Gasteiger partial charge in [0.15, 0.2) is 5.78 Å². The van der Waals surface area contributed by atoms with E-state index in [4.69, 9.17) is 4.74 Å². The van der Waals surface area contributed by atoms with Gasteiger partial charge >= 0.3 is 5.97 Å². The molecular formula is C25H28N2O5. The van der Waals surface area contributed by atoms with Gasteiger partial charge in [0.05, 0.1) is 6.61 Å². The molecule has 1 aliphatic rings. The minimum Gasteiger partial charge on any atom is -0.463 e. The Hall–Kier alpha value is -3.48. The minimum atomic E-state index is -0.506. The van der Waals surface area contributed by atoms with Crippen molar-refractivity contribution in [2.75, 3.05) is 13.2 Å². The van der Waals surface area contributed by atoms with Crippen molar-refractivity contribution in [3.8, 4) is 0 Å². The van der Waals surface area contributed by atoms with Crippen molar-refractivity contribution in [2.45, 2.75) is 38.6 Å². The van der Waals surface area contributed by atoms with Gasteiger partial charge in [0.1, 0.15) is 0 Å². The zero-order chi connectivity index (χ0) is 22.9. The molecule has 7 nitrogen and oxygen atoms in total. The summed E-state index contributed by atoms with van der Waals surface area (Å²) in [4.78, 5) is 48.9. The van der Waals surface area contributed by atoms with Crippen LogP contribution in [0, 0.1) is 5.92 Å². The zero-order valence-electron chi connectivity index (χ0n) is 18.1. The first kappa shape index (κ1) is 23.2. The van der Waals surface area contributed by atoms with Crippen molar-refractivity contribution in [3.05, 3.63) is 60.2 Å². The molecule has 1 fully saturated rings. The molecule has 2 aromatic rings. The molecule has 3 rings (SSSR count). The van der Waals surface area contributed by atoms with Gasteiger partial charge in [0.25, 0.3) is 0 Å². The fourth-order valence-electron chi connectivity index (χ4n) is 3.86. The molecule has 168 valence electrons. The Morgan fingerprint density at radius 3 is 2.69 bits per heavy atom. The number of amides is 2. The molecule has 32 heavy (non-hydrogen) atoms. The molecular weight excluding hydrogens is 408 g/mol. The number of rotatable bonds is 10. The van der Waals surface area contributed by atoms with Crippen LogP contribution in [0.25, 0.3) is 10.8 Å². The molecule has 0 unspecified atom stereocenters. The third kappa shape index (κ3) is 6.26. The lowest BCUT2D eigenvalue weighted by Crippen LogP contribution is -2.36. The van der Waals surface area contributed by atoms with Gasteiger partial charge in [-0.25, -0.2) is 4.79 Å². The summed E-state index contributed by atoms with van der Waals surface area (Å²) in [6, 6.07) is 12.7. The van der Waals surface area contributed by atoms with Crippen LogP contribution < -0.4 is 10.6 Å². The van der Waals surface area contributed by atoms with Crippen LogP contribution in [0.1, 0.15) is 43.0 Å². The Morgan fingerprint density at radius 1 is 1.16 bits per heavy atom. The first-order chi connectivity index (χ1) is 15.5. The number of hydrogen-bond donors (Lipinski definition) is 2. The van der Waals surface area contributed by atoms with E-state index >= 15 is 0 Å². The normalized spacial score (nSPS) is 16.7. The monoisotopic (exact) mass is 436 g/mol. The standard InChI is InChI=1S/C25H28N2O5/c1-2-32-24(30)13-10-19(16-18-14-15-26-25(18)31)27-23(29)12-11-22(28)21-9-5-7-17-6-3-4-8-20(17)21/h3-10,13,18-19H,2,11-12,14-16H2,1H3,(H,26,31)(H,27,29)/b13-10+/t18-,19+/m1/s1. The van der Waals surface area contributed by atoms with Crippen molar-refractivity contribution in [1.29, 1.82) is 0 Å². The predicted octanol–water partition coefficient (Wildman–Crippen LogP) is 2.93. The summed E-state index contributed by atoms with van der Waals surface area (Å²) in [6.07, 6.45) is 3.96. The summed E-state index contributed by atoms with van der Waals surface area (Å²) in [6.45, 7) is 2.56. The molecule has 0 bridgehead atoms. The summed E-state index contributed by atoms with van der Waals surface area (Å²) in [5, 5.41) is 7.45. The average molecular weight is 437 g/mol. The molecule has 0 radical (unpaired) electrons. The van der Waals surface area contributed by atoms with Crippen LogP contribution in [-0.2, 0) is 19.1 Å². The second-order valence-electron chi connectivity index (χ2n) is 7.75. The fourth-order valence-corrected chi connectivity index (χ4v) is 3.86. The molecule has 2 amide bonds. The maximum absolute atomic E-state index is 12.7. The zero-order valence-corrected chi connectivity index (χ0v) is 18.1. The first-order valence-electron chi connectivity index (χ1n) is 10.9. The molecule has 2 aromatic carbocycles. The Morgan fingerprint density at radius 2 is 1.94 bits per heavy atom. The van der Waals surface area contributed by atoms with Crippen molar-refractivity contribution in [2.24, 2.45) is 5.92 Å². The van der Waals surface area contributed by atoms with Crippen LogP contribution in [0.4, 0.5) is 0 Å². The molecule has 0 aromatic heterocycles. The number of nitrogens with one attached hydrogen (secondary N) is 2. The Labute approximate surface area is 187 Å². The number of ketones is 1. The molecule has 1 heterocycles. The molecule has 1 saturated heterocycles. The van der Waals surface area contributed by atoms with E-state index in [1.54, 1.807) is 19.1 Å². The lowest BCUT2D eigenvalue weighted by molar-refractivity contribution is -0.137. The van der Waals surface area contributed by atoms with Gasteiger partial charge < -0.3 is 15.4 Å². The summed E-state index contributed by atoms with van der Waals surface area (Å²) in [5.74, 6) is -1.21. The van der Waals surface area contributed by atoms with Crippen LogP contribution >= 0.6 is 0 Å². The van der Waals surface area contributed by atoms with Crippen molar-refractivity contribution in [3.63, 3.8) is 0 Å². The minimum absolute atomic E-state index is 0.0165. The van der Waals surface area contributed by atoms with E-state index in [0.29, 0.717) is 24.9 Å². The third-order valence-electron chi connectivity index (χ3n) is 5.47. The number of carbonyl (C=O) groups is 4. The quantitative estimate of drug-likeness (QED) is 0.339. The smallest absolute Gasteiger partial charge is 0.330 e. The molecule has 0 spiro atoms. The van der Waals surface area contributed by atoms with Crippen LogP contribution in [0.5, 0.6) is 0 Å². The topological polar surface area (TPSA) is 102 Å². The molecule has 0 aliphatic carbocycles. The number of Topliss-reactive ketones (excluding diaryl/α,β-unsaturated/α-hetero) is 1. The van der Waals surface area contributed by atoms with E-state index in [2.05, 4.69) is 10.6 Å². The van der Waals surface area contributed by atoms with E-state index in [9.17, 15) is 19.2 Å². The van der Waals surface area contributed by atoms with E-state index in [0.717, 1.165) is 10.8 Å². The van der Waals surface area contributed by atoms with Gasteiger partial charge in [-0.05, 0) is 30.5 Å². The van der Waals surface area contributed by atoms with Crippen LogP contribution in [0.15, 0.2) is 54.6 Å². The van der Waals surface area contributed by atoms with Crippen LogP contribution in [-0.4, -0.2) is 42.8 Å². The number of carbonyl (C=O) groups excluding carboxylic acids is 4. The Balaban J connectivity index is 1.61. The molecule has 0 saturated carbocycles. The highest BCUT2D eigenvalue weighted by Gasteiger charge is 2.27. The van der Waals surface area contributed by atoms with Gasteiger partial charge in [-0.15, -0.1) is 0 Å². The number of benzene rings is 2. The highest BCUT2D eigenvalue weighted by molar-refractivity contribution is 6.08. The Bertz CT molecular complexity index is 1020. The molecule has 2 N–H and O–H groups in total. The van der Waals surface area contributed by atoms with E-state index in [1.165, 1.54) is 6.08 Å². The largest absolute Gasteiger partial charge is 0.463 e. The summed E-state index contributed by atoms with van der Waals surface area (Å²) >= 11 is 0. The van der Waals surface area contributed by atoms with E-state index < -0.39 is 12.0 Å². The first-order valence-corrected chi connectivity index (χ1v) is 10.9. The SMILES string of the molecule is CCOC(=O)/C=C/[C@@H](C[C@H]1CCNC1=O)NC(=O)CCC(=O)c1cccc2ccccc12. The Kier molecular flexibility index (Phi) is 8.14. The van der Waals surface area contributed by atoms with Gasteiger partial charge in [-0.1, -0.05) is 48.5 Å². The maximum atomic E-state index is 12.7. The second-order valence-corrected chi connectivity index (χ2v) is 7.75. The van der Waals surface area contributed by atoms with Gasteiger partial charge in [0, 0.05) is 43.0 Å². The maximum Gasteiger partial charge on any atom is 0.330 e. The van der Waals surface area contributed by atoms with Crippen molar-refractivity contribution in [1.82, 2.24) is 10.6 Å². The van der Waals surface area contributed by atoms with Gasteiger partial charge in [0.2, 0.25) is 11.8 Å². The summed E-state index contributed by atoms with van der Waals surface area (Å²) in [7, 11) is 0. The number of hydrogen-bond acceptors (Lipinski definition) is 5. The van der Waals surface area contributed by atoms with Gasteiger partial charge in [-0.2, -0.15) is 0 Å². The summed E-state index contributed by atoms with van der Waals surface area (Å²) in [5.41, 5.74) is 0.595. The number of fused-ring (bicyclic) bond motifs is 1. The average Bonchev–Trinajstić information content (AvgIpc) is 3.20. The lowest BCUT2D eigenvalue weighted by atomic mass is 9.97. The highest BCUT2D eigenvalue weighted by Crippen LogP contribution is 2.21. The fraction of sp³-hybridized carbons (Fsp3) is 0.360. The van der Waals surface area contributed by atoms with Crippen LogP contribution in [0.2, 0.25) is 0 Å². The number of esters is 1. The number of ether oxygens (including phenoxy) is 1. The van der Waals surface area contributed by atoms with E-state index in [1.807, 2.05) is 36.4 Å². The second kappa shape index (κ2) is 11.2. The predicted molar refractivity (Wildman–Crippen MR) is 121 cm³/mol. The highest BCUT2D eigenvalue weighted by atomic mass is 16.5. The van der Waals surface area contributed by atoms with Crippen molar-refractivity contribution < 1.29 is 23.9 Å².